The number of allylic oxidation sites excluding steroid dienone is 2. The number of aromatic nitrogens is 2. The monoisotopic (exact) mass is 281 g/mol. The van der Waals surface area contributed by atoms with Crippen LogP contribution >= 0.6 is 0 Å². The minimum atomic E-state index is -0.149. The third kappa shape index (κ3) is 2.00. The summed E-state index contributed by atoms with van der Waals surface area (Å²) in [5, 5.41) is 19.8. The maximum Gasteiger partial charge on any atom is 0.261 e. The molecule has 5 heteroatoms. The van der Waals surface area contributed by atoms with Gasteiger partial charge >= 0.3 is 0 Å². The molecule has 0 spiro atoms. The molecular formula is C16H15N3O2. The zero-order valence-corrected chi connectivity index (χ0v) is 12.0. The molecule has 0 saturated heterocycles. The second kappa shape index (κ2) is 4.74. The summed E-state index contributed by atoms with van der Waals surface area (Å²) in [4.78, 5) is 17.2. The molecule has 3 rings (SSSR count). The summed E-state index contributed by atoms with van der Waals surface area (Å²) < 4.78 is 1.50. The zero-order chi connectivity index (χ0) is 15.1. The Balaban J connectivity index is 2.48. The van der Waals surface area contributed by atoms with Gasteiger partial charge < -0.3 is 5.11 Å². The normalized spacial score (nSPS) is 14.7. The van der Waals surface area contributed by atoms with Gasteiger partial charge in [-0.3, -0.25) is 9.36 Å². The fourth-order valence-corrected chi connectivity index (χ4v) is 2.85. The number of rotatable bonds is 0. The number of aliphatic hydroxyl groups excluding tert-OH is 1. The number of aryl methyl sites for hydroxylation is 2. The summed E-state index contributed by atoms with van der Waals surface area (Å²) in [6, 6.07) is 5.76. The van der Waals surface area contributed by atoms with E-state index >= 15 is 0 Å². The van der Waals surface area contributed by atoms with Crippen molar-refractivity contribution < 1.29 is 5.11 Å². The average molecular weight is 281 g/mol. The third-order valence-corrected chi connectivity index (χ3v) is 3.81. The van der Waals surface area contributed by atoms with E-state index in [0.29, 0.717) is 30.3 Å². The van der Waals surface area contributed by atoms with Gasteiger partial charge in [0.15, 0.2) is 5.82 Å². The number of aliphatic hydroxyl groups is 1. The van der Waals surface area contributed by atoms with Crippen LogP contribution in [0.15, 0.2) is 22.7 Å². The van der Waals surface area contributed by atoms with Gasteiger partial charge in [-0.15, -0.1) is 0 Å². The van der Waals surface area contributed by atoms with Crippen molar-refractivity contribution in [3.63, 3.8) is 0 Å². The lowest BCUT2D eigenvalue weighted by molar-refractivity contribution is 0.386. The summed E-state index contributed by atoms with van der Waals surface area (Å²) in [6.45, 7) is 4.29. The summed E-state index contributed by atoms with van der Waals surface area (Å²) in [6.07, 6.45) is 1.00. The second-order valence-electron chi connectivity index (χ2n) is 5.41. The minimum Gasteiger partial charge on any atom is -0.511 e. The largest absolute Gasteiger partial charge is 0.511 e. The Morgan fingerprint density at radius 1 is 1.38 bits per heavy atom. The van der Waals surface area contributed by atoms with Crippen molar-refractivity contribution in [2.75, 3.05) is 0 Å². The lowest BCUT2D eigenvalue weighted by Crippen LogP contribution is -2.25. The van der Waals surface area contributed by atoms with E-state index in [1.807, 2.05) is 32.0 Å². The molecule has 2 heterocycles. The van der Waals surface area contributed by atoms with Crippen molar-refractivity contribution in [3.05, 3.63) is 45.2 Å². The van der Waals surface area contributed by atoms with Gasteiger partial charge in [-0.05, 0) is 37.5 Å². The Morgan fingerprint density at radius 2 is 2.14 bits per heavy atom. The third-order valence-electron chi connectivity index (χ3n) is 3.81. The summed E-state index contributed by atoms with van der Waals surface area (Å²) >= 11 is 0. The molecule has 1 aromatic carbocycles. The van der Waals surface area contributed by atoms with Crippen LogP contribution in [0.2, 0.25) is 0 Å². The van der Waals surface area contributed by atoms with Crippen LogP contribution in [0, 0.1) is 25.2 Å². The van der Waals surface area contributed by atoms with Crippen LogP contribution in [-0.2, 0) is 6.54 Å². The van der Waals surface area contributed by atoms with Gasteiger partial charge in [0.1, 0.15) is 17.4 Å². The minimum absolute atomic E-state index is 0.0137. The molecule has 0 saturated carbocycles. The molecule has 1 aromatic heterocycles. The number of hydrogen-bond acceptors (Lipinski definition) is 4. The summed E-state index contributed by atoms with van der Waals surface area (Å²) in [5.41, 5.74) is 2.45. The van der Waals surface area contributed by atoms with E-state index in [0.717, 1.165) is 11.1 Å². The van der Waals surface area contributed by atoms with E-state index in [-0.39, 0.29) is 22.7 Å². The van der Waals surface area contributed by atoms with Crippen molar-refractivity contribution in [3.8, 4) is 6.07 Å². The van der Waals surface area contributed by atoms with Crippen LogP contribution in [0.1, 0.15) is 29.8 Å². The van der Waals surface area contributed by atoms with Crippen LogP contribution in [-0.4, -0.2) is 14.7 Å². The molecule has 21 heavy (non-hydrogen) atoms. The van der Waals surface area contributed by atoms with Crippen molar-refractivity contribution >= 4 is 16.5 Å². The van der Waals surface area contributed by atoms with E-state index in [1.165, 1.54) is 4.57 Å². The van der Waals surface area contributed by atoms with Crippen molar-refractivity contribution in [1.29, 1.82) is 5.26 Å². The SMILES string of the molecule is Cc1cc(C)c2nc3n(c(=O)c2c1)CCCC(O)=C3C#N. The van der Waals surface area contributed by atoms with E-state index in [2.05, 4.69) is 4.98 Å². The van der Waals surface area contributed by atoms with E-state index in [9.17, 15) is 15.2 Å². The number of nitrogens with zero attached hydrogens (tertiary/aromatic N) is 3. The zero-order valence-electron chi connectivity index (χ0n) is 12.0. The molecule has 0 aliphatic carbocycles. The number of nitriles is 1. The van der Waals surface area contributed by atoms with Gasteiger partial charge in [-0.2, -0.15) is 5.26 Å². The van der Waals surface area contributed by atoms with Gasteiger partial charge in [0.05, 0.1) is 10.9 Å². The van der Waals surface area contributed by atoms with Crippen molar-refractivity contribution in [1.82, 2.24) is 9.55 Å². The number of benzene rings is 1. The number of hydrogen-bond donors (Lipinski definition) is 1. The number of fused-ring (bicyclic) bond motifs is 2. The molecule has 1 aliphatic heterocycles. The highest BCUT2D eigenvalue weighted by atomic mass is 16.3. The van der Waals surface area contributed by atoms with Crippen LogP contribution in [0.4, 0.5) is 0 Å². The molecule has 1 N–H and O–H groups in total. The maximum atomic E-state index is 12.7. The molecule has 0 amide bonds. The van der Waals surface area contributed by atoms with Crippen LogP contribution in [0.3, 0.4) is 0 Å². The molecule has 0 fully saturated rings. The van der Waals surface area contributed by atoms with Crippen molar-refractivity contribution in [2.45, 2.75) is 33.2 Å². The second-order valence-corrected chi connectivity index (χ2v) is 5.41. The summed E-state index contributed by atoms with van der Waals surface area (Å²) in [7, 11) is 0. The Kier molecular flexibility index (Phi) is 3.02. The highest BCUT2D eigenvalue weighted by Gasteiger charge is 2.21. The standard InChI is InChI=1S/C16H15N3O2/c1-9-6-10(2)14-11(7-9)16(21)19-5-3-4-13(20)12(8-17)15(19)18-14/h6-7,20H,3-5H2,1-2H3. The quantitative estimate of drug-likeness (QED) is 0.805. The molecule has 5 nitrogen and oxygen atoms in total. The van der Waals surface area contributed by atoms with Crippen LogP contribution in [0.5, 0.6) is 0 Å². The lowest BCUT2D eigenvalue weighted by Gasteiger charge is -2.12. The fraction of sp³-hybridized carbons (Fsp3) is 0.312. The topological polar surface area (TPSA) is 78.9 Å². The average Bonchev–Trinajstić information content (AvgIpc) is 2.59. The predicted molar refractivity (Wildman–Crippen MR) is 79.9 cm³/mol. The Bertz CT molecular complexity index is 885. The molecule has 0 atom stereocenters. The first-order valence-corrected chi connectivity index (χ1v) is 6.87. The smallest absolute Gasteiger partial charge is 0.261 e. The first kappa shape index (κ1) is 13.4. The first-order valence-electron chi connectivity index (χ1n) is 6.87. The molecule has 0 radical (unpaired) electrons. The fourth-order valence-electron chi connectivity index (χ4n) is 2.85. The first-order chi connectivity index (χ1) is 10.0. The van der Waals surface area contributed by atoms with Gasteiger partial charge in [0.2, 0.25) is 0 Å². The Morgan fingerprint density at radius 3 is 2.86 bits per heavy atom. The van der Waals surface area contributed by atoms with Crippen molar-refractivity contribution in [2.24, 2.45) is 0 Å². The molecule has 1 aliphatic rings. The van der Waals surface area contributed by atoms with Crippen LogP contribution < -0.4 is 5.56 Å². The predicted octanol–water partition coefficient (Wildman–Crippen LogP) is 2.60. The van der Waals surface area contributed by atoms with E-state index < -0.39 is 0 Å². The highest BCUT2D eigenvalue weighted by Crippen LogP contribution is 2.24. The maximum absolute atomic E-state index is 12.7. The molecule has 0 unspecified atom stereocenters. The van der Waals surface area contributed by atoms with Gasteiger partial charge in [0, 0.05) is 13.0 Å². The molecular weight excluding hydrogens is 266 g/mol. The summed E-state index contributed by atoms with van der Waals surface area (Å²) in [5.74, 6) is 0.289. The Labute approximate surface area is 121 Å². The molecule has 106 valence electrons. The molecule has 2 aromatic rings. The van der Waals surface area contributed by atoms with E-state index in [1.54, 1.807) is 0 Å². The van der Waals surface area contributed by atoms with E-state index in [4.69, 9.17) is 0 Å². The van der Waals surface area contributed by atoms with Gasteiger partial charge in [-0.1, -0.05) is 6.07 Å². The van der Waals surface area contributed by atoms with Crippen LogP contribution in [0.25, 0.3) is 16.5 Å². The lowest BCUT2D eigenvalue weighted by atomic mass is 10.1. The highest BCUT2D eigenvalue weighted by molar-refractivity contribution is 5.85. The van der Waals surface area contributed by atoms with Gasteiger partial charge in [0.25, 0.3) is 5.56 Å². The van der Waals surface area contributed by atoms with Gasteiger partial charge in [-0.25, -0.2) is 4.98 Å². The molecule has 0 bridgehead atoms. The Hall–Kier alpha value is -2.61.